The van der Waals surface area contributed by atoms with Gasteiger partial charge in [-0.25, -0.2) is 9.78 Å². The normalized spacial score (nSPS) is 12.0. The van der Waals surface area contributed by atoms with Gasteiger partial charge in [0.1, 0.15) is 18.4 Å². The molecule has 1 amide bonds. The summed E-state index contributed by atoms with van der Waals surface area (Å²) >= 11 is 0. The van der Waals surface area contributed by atoms with E-state index in [1.165, 1.54) is 28.5 Å². The maximum Gasteiger partial charge on any atom is 0.411 e. The topological polar surface area (TPSA) is 75.0 Å². The van der Waals surface area contributed by atoms with Gasteiger partial charge in [-0.1, -0.05) is 48.5 Å². The van der Waals surface area contributed by atoms with E-state index in [9.17, 15) is 4.79 Å². The number of carbonyl (C=O) groups excluding carboxylic acids is 1. The summed E-state index contributed by atoms with van der Waals surface area (Å²) in [6, 6.07) is 21.5. The first-order valence-corrected chi connectivity index (χ1v) is 8.24. The largest absolute Gasteiger partial charge is 0.448 e. The van der Waals surface area contributed by atoms with Crippen LogP contribution in [0.2, 0.25) is 0 Å². The average Bonchev–Trinajstić information content (AvgIpc) is 3.01. The van der Waals surface area contributed by atoms with E-state index in [-0.39, 0.29) is 12.5 Å². The Bertz CT molecular complexity index is 961. The van der Waals surface area contributed by atoms with Gasteiger partial charge in [-0.05, 0) is 34.4 Å². The molecular formula is C21H15N3O2. The fraction of sp³-hybridized carbons (Fsp3) is 0.0952. The van der Waals surface area contributed by atoms with E-state index in [1.807, 2.05) is 30.3 Å². The first-order valence-electron chi connectivity index (χ1n) is 8.24. The molecule has 5 nitrogen and oxygen atoms in total. The van der Waals surface area contributed by atoms with Gasteiger partial charge in [0.15, 0.2) is 0 Å². The molecule has 0 saturated carbocycles. The number of anilines is 1. The highest BCUT2D eigenvalue weighted by Crippen LogP contribution is 2.44. The standard InChI is InChI=1S/C21H15N3O2/c22-11-14-9-10-15(12-23-14)24-21(25)26-13-20-18-7-3-1-5-16(18)17-6-2-4-8-19(17)20/h1-10,12,20H,13H2,(H,24,25). The molecule has 1 aliphatic rings. The number of rotatable bonds is 3. The van der Waals surface area contributed by atoms with Crippen molar-refractivity contribution in [2.45, 2.75) is 5.92 Å². The van der Waals surface area contributed by atoms with E-state index in [0.717, 1.165) is 0 Å². The highest BCUT2D eigenvalue weighted by molar-refractivity contribution is 5.84. The molecule has 26 heavy (non-hydrogen) atoms. The van der Waals surface area contributed by atoms with Crippen molar-refractivity contribution in [1.82, 2.24) is 4.98 Å². The lowest BCUT2D eigenvalue weighted by molar-refractivity contribution is 0.158. The van der Waals surface area contributed by atoms with Crippen LogP contribution in [0.5, 0.6) is 0 Å². The van der Waals surface area contributed by atoms with Crippen LogP contribution < -0.4 is 5.32 Å². The van der Waals surface area contributed by atoms with Crippen molar-refractivity contribution in [2.75, 3.05) is 11.9 Å². The number of benzene rings is 2. The Hall–Kier alpha value is -3.65. The maximum atomic E-state index is 12.1. The van der Waals surface area contributed by atoms with E-state index >= 15 is 0 Å². The predicted molar refractivity (Wildman–Crippen MR) is 97.6 cm³/mol. The fourth-order valence-corrected chi connectivity index (χ4v) is 3.29. The Kier molecular flexibility index (Phi) is 4.08. The summed E-state index contributed by atoms with van der Waals surface area (Å²) in [7, 11) is 0. The van der Waals surface area contributed by atoms with Crippen LogP contribution in [0.4, 0.5) is 10.5 Å². The van der Waals surface area contributed by atoms with Gasteiger partial charge in [-0.2, -0.15) is 5.26 Å². The smallest absolute Gasteiger partial charge is 0.411 e. The van der Waals surface area contributed by atoms with Crippen LogP contribution in [0.15, 0.2) is 66.9 Å². The van der Waals surface area contributed by atoms with Gasteiger partial charge in [-0.3, -0.25) is 5.32 Å². The van der Waals surface area contributed by atoms with Crippen LogP contribution in [0, 0.1) is 11.3 Å². The summed E-state index contributed by atoms with van der Waals surface area (Å²) in [6.07, 6.45) is 0.887. The van der Waals surface area contributed by atoms with Gasteiger partial charge < -0.3 is 4.74 Å². The second-order valence-corrected chi connectivity index (χ2v) is 5.99. The Morgan fingerprint density at radius 2 is 1.69 bits per heavy atom. The Morgan fingerprint density at radius 3 is 2.27 bits per heavy atom. The van der Waals surface area contributed by atoms with Gasteiger partial charge >= 0.3 is 6.09 Å². The number of nitriles is 1. The van der Waals surface area contributed by atoms with Crippen molar-refractivity contribution in [2.24, 2.45) is 0 Å². The van der Waals surface area contributed by atoms with Gasteiger partial charge in [0.05, 0.1) is 11.9 Å². The lowest BCUT2D eigenvalue weighted by Crippen LogP contribution is -2.18. The van der Waals surface area contributed by atoms with Crippen LogP contribution in [0.1, 0.15) is 22.7 Å². The lowest BCUT2D eigenvalue weighted by Gasteiger charge is -2.14. The first kappa shape index (κ1) is 15.9. The molecule has 0 fully saturated rings. The minimum absolute atomic E-state index is 0.0206. The van der Waals surface area contributed by atoms with Crippen molar-refractivity contribution in [1.29, 1.82) is 5.26 Å². The van der Waals surface area contributed by atoms with Crippen LogP contribution in [-0.2, 0) is 4.74 Å². The van der Waals surface area contributed by atoms with Crippen LogP contribution >= 0.6 is 0 Å². The number of fused-ring (bicyclic) bond motifs is 3. The van der Waals surface area contributed by atoms with Crippen molar-refractivity contribution in [3.63, 3.8) is 0 Å². The minimum Gasteiger partial charge on any atom is -0.448 e. The molecule has 4 rings (SSSR count). The number of pyridine rings is 1. The lowest BCUT2D eigenvalue weighted by atomic mass is 9.98. The maximum absolute atomic E-state index is 12.1. The molecule has 2 aromatic carbocycles. The van der Waals surface area contributed by atoms with Crippen LogP contribution in [-0.4, -0.2) is 17.7 Å². The van der Waals surface area contributed by atoms with Gasteiger partial charge in [0, 0.05) is 5.92 Å². The van der Waals surface area contributed by atoms with E-state index in [4.69, 9.17) is 10.00 Å². The third-order valence-electron chi connectivity index (χ3n) is 4.47. The van der Waals surface area contributed by atoms with Crippen molar-refractivity contribution < 1.29 is 9.53 Å². The molecule has 126 valence electrons. The molecule has 0 spiro atoms. The molecular weight excluding hydrogens is 326 g/mol. The Morgan fingerprint density at radius 1 is 1.04 bits per heavy atom. The summed E-state index contributed by atoms with van der Waals surface area (Å²) in [5.41, 5.74) is 5.49. The predicted octanol–water partition coefficient (Wildman–Crippen LogP) is 4.31. The Balaban J connectivity index is 1.47. The number of carbonyl (C=O) groups is 1. The van der Waals surface area contributed by atoms with Crippen molar-refractivity contribution in [3.05, 3.63) is 83.7 Å². The third kappa shape index (κ3) is 2.89. The van der Waals surface area contributed by atoms with E-state index < -0.39 is 6.09 Å². The van der Waals surface area contributed by atoms with Crippen LogP contribution in [0.25, 0.3) is 11.1 Å². The minimum atomic E-state index is -0.543. The number of aromatic nitrogens is 1. The number of nitrogens with zero attached hydrogens (tertiary/aromatic N) is 2. The highest BCUT2D eigenvalue weighted by Gasteiger charge is 2.28. The molecule has 1 aromatic heterocycles. The number of hydrogen-bond acceptors (Lipinski definition) is 4. The number of nitrogens with one attached hydrogen (secondary N) is 1. The third-order valence-corrected chi connectivity index (χ3v) is 4.47. The summed E-state index contributed by atoms with van der Waals surface area (Å²) in [5.74, 6) is 0.0206. The molecule has 0 bridgehead atoms. The summed E-state index contributed by atoms with van der Waals surface area (Å²) in [4.78, 5) is 16.0. The van der Waals surface area contributed by atoms with Gasteiger partial charge in [0.2, 0.25) is 0 Å². The first-order chi connectivity index (χ1) is 12.8. The molecule has 3 aromatic rings. The van der Waals surface area contributed by atoms with Crippen molar-refractivity contribution >= 4 is 11.8 Å². The monoisotopic (exact) mass is 341 g/mol. The van der Waals surface area contributed by atoms with Gasteiger partial charge in [0.25, 0.3) is 0 Å². The Labute approximate surface area is 150 Å². The SMILES string of the molecule is N#Cc1ccc(NC(=O)OCC2c3ccccc3-c3ccccc32)cn1. The highest BCUT2D eigenvalue weighted by atomic mass is 16.5. The molecule has 5 heteroatoms. The molecule has 0 saturated heterocycles. The molecule has 1 aliphatic carbocycles. The number of amides is 1. The second kappa shape index (κ2) is 6.69. The fourth-order valence-electron chi connectivity index (χ4n) is 3.29. The van der Waals surface area contributed by atoms with Gasteiger partial charge in [-0.15, -0.1) is 0 Å². The van der Waals surface area contributed by atoms with E-state index in [0.29, 0.717) is 11.4 Å². The zero-order valence-corrected chi connectivity index (χ0v) is 13.8. The summed E-state index contributed by atoms with van der Waals surface area (Å²) < 4.78 is 5.46. The zero-order valence-electron chi connectivity index (χ0n) is 13.8. The van der Waals surface area contributed by atoms with E-state index in [2.05, 4.69) is 34.6 Å². The number of hydrogen-bond donors (Lipinski definition) is 1. The van der Waals surface area contributed by atoms with Crippen molar-refractivity contribution in [3.8, 4) is 17.2 Å². The molecule has 0 radical (unpaired) electrons. The average molecular weight is 341 g/mol. The zero-order chi connectivity index (χ0) is 17.9. The molecule has 1 N–H and O–H groups in total. The van der Waals surface area contributed by atoms with E-state index in [1.54, 1.807) is 12.1 Å². The second-order valence-electron chi connectivity index (χ2n) is 5.99. The molecule has 0 aliphatic heterocycles. The molecule has 1 heterocycles. The summed E-state index contributed by atoms with van der Waals surface area (Å²) in [6.45, 7) is 0.254. The van der Waals surface area contributed by atoms with Crippen LogP contribution in [0.3, 0.4) is 0 Å². The molecule has 0 unspecified atom stereocenters. The summed E-state index contributed by atoms with van der Waals surface area (Å²) in [5, 5.41) is 11.4. The quantitative estimate of drug-likeness (QED) is 0.770. The molecule has 0 atom stereocenters. The number of ether oxygens (including phenoxy) is 1.